The maximum atomic E-state index is 13.2. The highest BCUT2D eigenvalue weighted by molar-refractivity contribution is 6.15. The van der Waals surface area contributed by atoms with Crippen LogP contribution < -0.4 is 0 Å². The third-order valence-corrected chi connectivity index (χ3v) is 8.10. The van der Waals surface area contributed by atoms with Gasteiger partial charge in [-0.3, -0.25) is 14.4 Å². The fourth-order valence-electron chi connectivity index (χ4n) is 7.21. The van der Waals surface area contributed by atoms with E-state index in [2.05, 4.69) is 6.58 Å². The van der Waals surface area contributed by atoms with E-state index in [-0.39, 0.29) is 29.7 Å². The maximum Gasteiger partial charge on any atom is 0.320 e. The smallest absolute Gasteiger partial charge is 0.320 e. The summed E-state index contributed by atoms with van der Waals surface area (Å²) in [5.74, 6) is -2.34. The number of aliphatic hydroxyl groups is 1. The molecule has 5 aliphatic rings. The molecule has 2 bridgehead atoms. The number of carbonyl (C=O) groups excluding carboxylic acids is 3. The van der Waals surface area contributed by atoms with Crippen molar-refractivity contribution in [3.63, 3.8) is 0 Å². The van der Waals surface area contributed by atoms with E-state index < -0.39 is 34.7 Å². The second kappa shape index (κ2) is 4.77. The van der Waals surface area contributed by atoms with Crippen LogP contribution in [0.5, 0.6) is 0 Å². The largest absolute Gasteiger partial charge is 0.465 e. The van der Waals surface area contributed by atoms with Crippen molar-refractivity contribution in [3.8, 4) is 0 Å². The van der Waals surface area contributed by atoms with Crippen molar-refractivity contribution in [2.24, 2.45) is 34.0 Å². The standard InChI is InChI=1S/C20H24O6/c1-10-11-6-12(21)13-19(9-26-17(24)20(13,7-11)15(10)22)5-3-4-18(2)8-25-16(23)14(18)19/h11-14,21H,1,3-9H2,2H3/t11-,12-,13+,14-,18+,19-,20+/m1/s1. The molecule has 140 valence electrons. The summed E-state index contributed by atoms with van der Waals surface area (Å²) < 4.78 is 11.0. The van der Waals surface area contributed by atoms with Gasteiger partial charge in [-0.25, -0.2) is 0 Å². The molecule has 7 atom stereocenters. The van der Waals surface area contributed by atoms with Gasteiger partial charge in [-0.15, -0.1) is 0 Å². The van der Waals surface area contributed by atoms with Gasteiger partial charge in [0.2, 0.25) is 0 Å². The lowest BCUT2D eigenvalue weighted by molar-refractivity contribution is -0.225. The van der Waals surface area contributed by atoms with Crippen molar-refractivity contribution >= 4 is 17.7 Å². The molecule has 2 saturated heterocycles. The van der Waals surface area contributed by atoms with E-state index in [4.69, 9.17) is 9.47 Å². The summed E-state index contributed by atoms with van der Waals surface area (Å²) in [6, 6.07) is 0. The molecule has 26 heavy (non-hydrogen) atoms. The first-order valence-electron chi connectivity index (χ1n) is 9.52. The SMILES string of the molecule is C=C1C(=O)[C@]23C[C@H]1C[C@@H](O)[C@H]2[C@@]1(CCC[C@@]2(C)COC(=O)[C@H]21)COC3=O. The van der Waals surface area contributed by atoms with E-state index >= 15 is 0 Å². The molecule has 0 amide bonds. The fraction of sp³-hybridized carbons (Fsp3) is 0.750. The van der Waals surface area contributed by atoms with Gasteiger partial charge in [-0.05, 0) is 37.2 Å². The molecule has 6 nitrogen and oxygen atoms in total. The molecule has 5 fully saturated rings. The molecule has 5 rings (SSSR count). The van der Waals surface area contributed by atoms with E-state index in [1.54, 1.807) is 0 Å². The number of Topliss-reactive ketones (excluding diaryl/α,β-unsaturated/α-hetero) is 1. The van der Waals surface area contributed by atoms with Crippen LogP contribution in [-0.2, 0) is 23.9 Å². The number of ether oxygens (including phenoxy) is 2. The highest BCUT2D eigenvalue weighted by Crippen LogP contribution is 2.69. The summed E-state index contributed by atoms with van der Waals surface area (Å²) >= 11 is 0. The average Bonchev–Trinajstić information content (AvgIpc) is 3.01. The summed E-state index contributed by atoms with van der Waals surface area (Å²) in [4.78, 5) is 38.8. The predicted octanol–water partition coefficient (Wildman–Crippen LogP) is 1.41. The Morgan fingerprint density at radius 3 is 2.69 bits per heavy atom. The molecule has 0 aromatic heterocycles. The molecular formula is C20H24O6. The Kier molecular flexibility index (Phi) is 3.02. The lowest BCUT2D eigenvalue weighted by atomic mass is 9.44. The summed E-state index contributed by atoms with van der Waals surface area (Å²) in [7, 11) is 0. The Hall–Kier alpha value is -1.69. The van der Waals surface area contributed by atoms with E-state index in [1.807, 2.05) is 6.92 Å². The highest BCUT2D eigenvalue weighted by Gasteiger charge is 2.76. The lowest BCUT2D eigenvalue weighted by Gasteiger charge is -2.59. The number of hydrogen-bond acceptors (Lipinski definition) is 6. The third kappa shape index (κ3) is 1.61. The van der Waals surface area contributed by atoms with Gasteiger partial charge in [0.15, 0.2) is 5.78 Å². The minimum Gasteiger partial charge on any atom is -0.465 e. The molecule has 6 heteroatoms. The Morgan fingerprint density at radius 1 is 1.15 bits per heavy atom. The topological polar surface area (TPSA) is 89.9 Å². The van der Waals surface area contributed by atoms with Crippen molar-refractivity contribution in [2.75, 3.05) is 13.2 Å². The number of aliphatic hydroxyl groups excluding tert-OH is 1. The summed E-state index contributed by atoms with van der Waals surface area (Å²) in [5.41, 5.74) is -2.03. The molecule has 1 N–H and O–H groups in total. The lowest BCUT2D eigenvalue weighted by Crippen LogP contribution is -2.67. The third-order valence-electron chi connectivity index (χ3n) is 8.10. The van der Waals surface area contributed by atoms with E-state index in [0.717, 1.165) is 12.8 Å². The summed E-state index contributed by atoms with van der Waals surface area (Å²) in [5, 5.41) is 11.1. The van der Waals surface area contributed by atoms with Gasteiger partial charge in [0.25, 0.3) is 0 Å². The number of allylic oxidation sites excluding steroid dienone is 1. The number of rotatable bonds is 0. The van der Waals surface area contributed by atoms with E-state index in [9.17, 15) is 19.5 Å². The zero-order valence-corrected chi connectivity index (χ0v) is 15.0. The number of hydrogen-bond donors (Lipinski definition) is 1. The van der Waals surface area contributed by atoms with Crippen LogP contribution in [-0.4, -0.2) is 42.1 Å². The van der Waals surface area contributed by atoms with Crippen LogP contribution in [0.1, 0.15) is 39.0 Å². The van der Waals surface area contributed by atoms with Crippen LogP contribution in [0.3, 0.4) is 0 Å². The van der Waals surface area contributed by atoms with Crippen molar-refractivity contribution in [1.29, 1.82) is 0 Å². The molecule has 0 aromatic carbocycles. The van der Waals surface area contributed by atoms with Gasteiger partial charge in [0.05, 0.1) is 25.2 Å². The Labute approximate surface area is 151 Å². The monoisotopic (exact) mass is 360 g/mol. The molecule has 2 heterocycles. The number of ketones is 1. The quantitative estimate of drug-likeness (QED) is 0.399. The molecule has 3 aliphatic carbocycles. The van der Waals surface area contributed by atoms with E-state index in [0.29, 0.717) is 31.4 Å². The zero-order chi connectivity index (χ0) is 18.5. The number of esters is 2. The molecule has 2 spiro atoms. The number of fused-ring (bicyclic) bond motifs is 4. The minimum absolute atomic E-state index is 0.0785. The highest BCUT2D eigenvalue weighted by atomic mass is 16.5. The zero-order valence-electron chi connectivity index (χ0n) is 15.0. The van der Waals surface area contributed by atoms with Crippen molar-refractivity contribution in [3.05, 3.63) is 12.2 Å². The van der Waals surface area contributed by atoms with E-state index in [1.165, 1.54) is 0 Å². The summed E-state index contributed by atoms with van der Waals surface area (Å²) in [6.45, 7) is 6.37. The molecule has 0 aromatic rings. The van der Waals surface area contributed by atoms with Crippen molar-refractivity contribution < 1.29 is 29.0 Å². The molecule has 2 aliphatic heterocycles. The maximum absolute atomic E-state index is 13.2. The first-order valence-corrected chi connectivity index (χ1v) is 9.52. The second-order valence-corrected chi connectivity index (χ2v) is 9.37. The first kappa shape index (κ1) is 16.5. The second-order valence-electron chi connectivity index (χ2n) is 9.37. The summed E-state index contributed by atoms with van der Waals surface area (Å²) in [6.07, 6.45) is 2.33. The van der Waals surface area contributed by atoms with Gasteiger partial charge in [-0.2, -0.15) is 0 Å². The van der Waals surface area contributed by atoms with Crippen LogP contribution in [0, 0.1) is 34.0 Å². The van der Waals surface area contributed by atoms with Gasteiger partial charge >= 0.3 is 11.9 Å². The van der Waals surface area contributed by atoms with Crippen LogP contribution in [0.4, 0.5) is 0 Å². The Morgan fingerprint density at radius 2 is 1.92 bits per heavy atom. The molecule has 0 unspecified atom stereocenters. The molecule has 3 saturated carbocycles. The minimum atomic E-state index is -1.38. The Balaban J connectivity index is 1.72. The van der Waals surface area contributed by atoms with Crippen LogP contribution in [0.25, 0.3) is 0 Å². The van der Waals surface area contributed by atoms with Crippen molar-refractivity contribution in [1.82, 2.24) is 0 Å². The van der Waals surface area contributed by atoms with Crippen LogP contribution >= 0.6 is 0 Å². The normalized spacial score (nSPS) is 52.5. The van der Waals surface area contributed by atoms with Gasteiger partial charge in [0.1, 0.15) is 5.41 Å². The van der Waals surface area contributed by atoms with Crippen molar-refractivity contribution in [2.45, 2.75) is 45.1 Å². The van der Waals surface area contributed by atoms with Crippen LogP contribution in [0.15, 0.2) is 12.2 Å². The number of cyclic esters (lactones) is 2. The average molecular weight is 360 g/mol. The van der Waals surface area contributed by atoms with Gasteiger partial charge < -0.3 is 14.6 Å². The molecular weight excluding hydrogens is 336 g/mol. The van der Waals surface area contributed by atoms with Crippen LogP contribution in [0.2, 0.25) is 0 Å². The predicted molar refractivity (Wildman–Crippen MR) is 88.6 cm³/mol. The van der Waals surface area contributed by atoms with Gasteiger partial charge in [-0.1, -0.05) is 19.9 Å². The number of carbonyl (C=O) groups is 3. The molecule has 0 radical (unpaired) electrons. The van der Waals surface area contributed by atoms with Gasteiger partial charge in [0, 0.05) is 16.7 Å². The Bertz CT molecular complexity index is 757. The first-order chi connectivity index (χ1) is 12.3. The fourth-order valence-corrected chi connectivity index (χ4v) is 7.21.